The molecule has 0 heterocycles. The lowest BCUT2D eigenvalue weighted by Gasteiger charge is -2.25. The highest BCUT2D eigenvalue weighted by molar-refractivity contribution is 6.03. The molecule has 4 rings (SSSR count). The summed E-state index contributed by atoms with van der Waals surface area (Å²) in [7, 11) is 0. The van der Waals surface area contributed by atoms with Gasteiger partial charge >= 0.3 is 35.8 Å². The fourth-order valence-electron chi connectivity index (χ4n) is 7.64. The van der Waals surface area contributed by atoms with E-state index in [1.807, 2.05) is 12.1 Å². The first kappa shape index (κ1) is 59.4. The average Bonchev–Trinajstić information content (AvgIpc) is 3.90. The number of ether oxygens (including phenoxy) is 6. The Morgan fingerprint density at radius 3 is 1.03 bits per heavy atom. The molecule has 0 aliphatic heterocycles. The van der Waals surface area contributed by atoms with Gasteiger partial charge in [0.15, 0.2) is 16.2 Å². The standard InChI is InChI=1S/C32H38O10.C13H16O4.C6H6O2.CH4/c1-5-39-27(35)31(28(36)40-6-2)13-19-9-23(17-33)25(11-21(19)15-31)26-12-22-16-32(29(37)41-7-3,30(38)42-8-4)14-20(22)10-24(26)18-34;1-5-9-13(10-6-2,11(14)16-7-3)12(15)17-8-4;7-5-3-1-2-4-6-8;/h9-12,33-34H,5-8,13-18H2,1-4H3;1-2H,7-10H2,3-4H3;7-8H,5-6H2;1H4. The molecular formula is C52H64O16. The summed E-state index contributed by atoms with van der Waals surface area (Å²) in [6.07, 6.45) is 10.4. The molecule has 0 aromatic heterocycles. The fraction of sp³-hybridized carbons (Fsp3) is 0.500. The van der Waals surface area contributed by atoms with Crippen molar-refractivity contribution in [3.63, 3.8) is 0 Å². The van der Waals surface area contributed by atoms with Crippen LogP contribution in [0.5, 0.6) is 0 Å². The summed E-state index contributed by atoms with van der Waals surface area (Å²) in [4.78, 5) is 76.0. The summed E-state index contributed by atoms with van der Waals surface area (Å²) in [6, 6.07) is 7.17. The number of carbonyl (C=O) groups excluding carboxylic acids is 6. The molecule has 368 valence electrons. The van der Waals surface area contributed by atoms with Gasteiger partial charge in [-0.2, -0.15) is 0 Å². The van der Waals surface area contributed by atoms with Gasteiger partial charge in [-0.1, -0.05) is 43.5 Å². The van der Waals surface area contributed by atoms with Gasteiger partial charge in [-0.25, -0.2) is 0 Å². The van der Waals surface area contributed by atoms with E-state index in [1.54, 1.807) is 53.7 Å². The normalized spacial score (nSPS) is 12.9. The van der Waals surface area contributed by atoms with Gasteiger partial charge in [0.1, 0.15) is 13.2 Å². The number of hydrogen-bond donors (Lipinski definition) is 4. The van der Waals surface area contributed by atoms with Crippen LogP contribution in [0.15, 0.2) is 24.3 Å². The Kier molecular flexibility index (Phi) is 25.5. The predicted octanol–water partition coefficient (Wildman–Crippen LogP) is 3.52. The highest BCUT2D eigenvalue weighted by Gasteiger charge is 2.55. The number of carbonyl (C=O) groups is 6. The second-order valence-corrected chi connectivity index (χ2v) is 14.8. The summed E-state index contributed by atoms with van der Waals surface area (Å²) < 4.78 is 30.8. The molecule has 2 aliphatic carbocycles. The van der Waals surface area contributed by atoms with Gasteiger partial charge in [0.2, 0.25) is 0 Å². The van der Waals surface area contributed by atoms with Crippen LogP contribution in [0.3, 0.4) is 0 Å². The highest BCUT2D eigenvalue weighted by atomic mass is 16.6. The van der Waals surface area contributed by atoms with Gasteiger partial charge < -0.3 is 48.8 Å². The van der Waals surface area contributed by atoms with Crippen molar-refractivity contribution >= 4 is 35.8 Å². The summed E-state index contributed by atoms with van der Waals surface area (Å²) in [6.45, 7) is 9.65. The topological polar surface area (TPSA) is 239 Å². The molecule has 0 saturated heterocycles. The smallest absolute Gasteiger partial charge is 0.325 e. The molecule has 0 amide bonds. The molecule has 0 atom stereocenters. The third-order valence-corrected chi connectivity index (χ3v) is 10.7. The molecule has 4 N–H and O–H groups in total. The van der Waals surface area contributed by atoms with Crippen LogP contribution >= 0.6 is 0 Å². The van der Waals surface area contributed by atoms with Crippen molar-refractivity contribution in [3.05, 3.63) is 57.6 Å². The largest absolute Gasteiger partial charge is 0.465 e. The maximum atomic E-state index is 13.1. The molecule has 16 nitrogen and oxygen atoms in total. The molecule has 0 spiro atoms. The van der Waals surface area contributed by atoms with Crippen molar-refractivity contribution in [2.45, 2.75) is 101 Å². The molecule has 16 heteroatoms. The summed E-state index contributed by atoms with van der Waals surface area (Å²) in [5.41, 5.74) is 0.535. The van der Waals surface area contributed by atoms with Crippen LogP contribution in [-0.2, 0) is 96.1 Å². The van der Waals surface area contributed by atoms with Gasteiger partial charge in [0.05, 0.1) is 52.9 Å². The second-order valence-electron chi connectivity index (χ2n) is 14.8. The monoisotopic (exact) mass is 944 g/mol. The fourth-order valence-corrected chi connectivity index (χ4v) is 7.64. The number of terminal acetylenes is 2. The van der Waals surface area contributed by atoms with Crippen molar-refractivity contribution in [1.82, 2.24) is 0 Å². The molecule has 0 radical (unpaired) electrons. The highest BCUT2D eigenvalue weighted by Crippen LogP contribution is 2.46. The van der Waals surface area contributed by atoms with Gasteiger partial charge in [-0.3, -0.25) is 28.8 Å². The molecule has 68 heavy (non-hydrogen) atoms. The Morgan fingerprint density at radius 1 is 0.515 bits per heavy atom. The van der Waals surface area contributed by atoms with Gasteiger partial charge in [0, 0.05) is 12.8 Å². The number of aliphatic hydroxyl groups excluding tert-OH is 4. The van der Waals surface area contributed by atoms with E-state index < -0.39 is 52.1 Å². The first-order valence-electron chi connectivity index (χ1n) is 21.7. The van der Waals surface area contributed by atoms with Crippen LogP contribution in [-0.4, -0.2) is 109 Å². The number of rotatable bonds is 17. The van der Waals surface area contributed by atoms with Crippen LogP contribution in [0.1, 0.15) is 95.2 Å². The maximum Gasteiger partial charge on any atom is 0.325 e. The quantitative estimate of drug-likeness (QED) is 0.0768. The number of hydrogen-bond acceptors (Lipinski definition) is 16. The Hall–Kier alpha value is -6.66. The Labute approximate surface area is 399 Å². The average molecular weight is 945 g/mol. The number of aliphatic hydroxyl groups is 4. The minimum absolute atomic E-state index is 0. The van der Waals surface area contributed by atoms with Crippen molar-refractivity contribution in [2.75, 3.05) is 52.9 Å². The lowest BCUT2D eigenvalue weighted by molar-refractivity contribution is -0.173. The van der Waals surface area contributed by atoms with Gasteiger partial charge in [-0.05, 0) is 124 Å². The van der Waals surface area contributed by atoms with Crippen LogP contribution < -0.4 is 0 Å². The zero-order chi connectivity index (χ0) is 50.2. The summed E-state index contributed by atoms with van der Waals surface area (Å²) >= 11 is 0. The van der Waals surface area contributed by atoms with E-state index in [-0.39, 0.29) is 112 Å². The first-order valence-corrected chi connectivity index (χ1v) is 21.7. The molecule has 2 aromatic rings. The summed E-state index contributed by atoms with van der Waals surface area (Å²) in [5.74, 6) is 9.70. The van der Waals surface area contributed by atoms with Gasteiger partial charge in [0.25, 0.3) is 0 Å². The van der Waals surface area contributed by atoms with Crippen LogP contribution in [0.2, 0.25) is 0 Å². The maximum absolute atomic E-state index is 13.1. The Bertz CT molecular complexity index is 2110. The zero-order valence-corrected chi connectivity index (χ0v) is 39.0. The molecular weight excluding hydrogens is 881 g/mol. The minimum Gasteiger partial charge on any atom is -0.465 e. The third-order valence-electron chi connectivity index (χ3n) is 10.7. The molecule has 0 saturated carbocycles. The van der Waals surface area contributed by atoms with E-state index in [9.17, 15) is 39.0 Å². The first-order chi connectivity index (χ1) is 32.1. The molecule has 0 fully saturated rings. The lowest BCUT2D eigenvalue weighted by atomic mass is 9.81. The van der Waals surface area contributed by atoms with E-state index >= 15 is 0 Å². The van der Waals surface area contributed by atoms with Crippen LogP contribution in [0, 0.1) is 64.6 Å². The van der Waals surface area contributed by atoms with E-state index in [1.165, 1.54) is 0 Å². The SMILES string of the molecule is C.C#CCC(CC#C)(C(=O)OCC)C(=O)OCC.CCOC(=O)C1(C(=O)OCC)Cc2cc(CO)c(-c3cc4c(cc3CO)CC(C(=O)OCC)(C(=O)OCC)C4)cc2C1.OCC#CC#CCO. The summed E-state index contributed by atoms with van der Waals surface area (Å²) in [5, 5.41) is 36.9. The van der Waals surface area contributed by atoms with E-state index in [0.717, 1.165) is 22.3 Å². The Morgan fingerprint density at radius 2 is 0.794 bits per heavy atom. The minimum atomic E-state index is -1.57. The van der Waals surface area contributed by atoms with Crippen molar-refractivity contribution < 1.29 is 77.6 Å². The van der Waals surface area contributed by atoms with E-state index in [2.05, 4.69) is 35.5 Å². The van der Waals surface area contributed by atoms with Crippen molar-refractivity contribution in [1.29, 1.82) is 0 Å². The Balaban J connectivity index is 0.000000735. The molecule has 0 bridgehead atoms. The van der Waals surface area contributed by atoms with Crippen LogP contribution in [0.4, 0.5) is 0 Å². The molecule has 2 aromatic carbocycles. The van der Waals surface area contributed by atoms with E-state index in [0.29, 0.717) is 22.3 Å². The molecule has 2 aliphatic rings. The second kappa shape index (κ2) is 29.2. The van der Waals surface area contributed by atoms with Crippen molar-refractivity contribution in [2.24, 2.45) is 16.2 Å². The van der Waals surface area contributed by atoms with Crippen molar-refractivity contribution in [3.8, 4) is 59.5 Å². The molecule has 0 unspecified atom stereocenters. The number of fused-ring (bicyclic) bond motifs is 2. The lowest BCUT2D eigenvalue weighted by Crippen LogP contribution is -2.43. The third kappa shape index (κ3) is 13.9. The number of esters is 6. The number of benzene rings is 2. The zero-order valence-electron chi connectivity index (χ0n) is 39.0. The van der Waals surface area contributed by atoms with Gasteiger partial charge in [-0.15, -0.1) is 24.7 Å². The predicted molar refractivity (Wildman–Crippen MR) is 249 cm³/mol. The van der Waals surface area contributed by atoms with E-state index in [4.69, 9.17) is 51.5 Å². The van der Waals surface area contributed by atoms with Crippen LogP contribution in [0.25, 0.3) is 11.1 Å².